The topological polar surface area (TPSA) is 85.3 Å². The van der Waals surface area contributed by atoms with Gasteiger partial charge in [-0.2, -0.15) is 5.26 Å². The van der Waals surface area contributed by atoms with E-state index in [-0.39, 0.29) is 39.6 Å². The number of carbonyl (C=O) groups excluding carboxylic acids is 1. The van der Waals surface area contributed by atoms with E-state index >= 15 is 0 Å². The second kappa shape index (κ2) is 8.62. The lowest BCUT2D eigenvalue weighted by Crippen LogP contribution is -2.27. The highest BCUT2D eigenvalue weighted by Gasteiger charge is 2.38. The second-order valence-electron chi connectivity index (χ2n) is 7.23. The van der Waals surface area contributed by atoms with E-state index < -0.39 is 11.7 Å². The standard InChI is InChI=1S/C23H17Cl2FN2O3/c24-15-8-13(9-16(25)22(15)30-11-12-4-1-2-5-17(12)26)20-14(10-27)23(28)31-19-7-3-6-18(29)21(19)20/h1-2,4-5,8-9,20H,3,6-7,11,28H2/t20-/m1/s1. The van der Waals surface area contributed by atoms with Gasteiger partial charge in [0.05, 0.1) is 16.0 Å². The highest BCUT2D eigenvalue weighted by Crippen LogP contribution is 2.46. The number of hydrogen-bond donors (Lipinski definition) is 1. The molecule has 2 aromatic carbocycles. The van der Waals surface area contributed by atoms with Gasteiger partial charge >= 0.3 is 0 Å². The molecule has 158 valence electrons. The zero-order chi connectivity index (χ0) is 22.1. The Bertz CT molecular complexity index is 1160. The molecule has 0 saturated carbocycles. The number of halogens is 3. The van der Waals surface area contributed by atoms with Gasteiger partial charge in [0.25, 0.3) is 0 Å². The molecule has 1 aliphatic carbocycles. The fourth-order valence-electron chi connectivity index (χ4n) is 3.84. The number of nitrogens with two attached hydrogens (primary N) is 1. The molecule has 2 aromatic rings. The van der Waals surface area contributed by atoms with Crippen molar-refractivity contribution in [2.45, 2.75) is 31.8 Å². The van der Waals surface area contributed by atoms with Gasteiger partial charge in [0, 0.05) is 24.0 Å². The summed E-state index contributed by atoms with van der Waals surface area (Å²) in [4.78, 5) is 12.7. The molecule has 0 spiro atoms. The molecule has 5 nitrogen and oxygen atoms in total. The third-order valence-corrected chi connectivity index (χ3v) is 5.85. The molecule has 0 fully saturated rings. The van der Waals surface area contributed by atoms with E-state index in [0.717, 1.165) is 0 Å². The Morgan fingerprint density at radius 2 is 1.94 bits per heavy atom. The van der Waals surface area contributed by atoms with E-state index in [2.05, 4.69) is 0 Å². The van der Waals surface area contributed by atoms with E-state index in [4.69, 9.17) is 38.4 Å². The molecule has 2 aliphatic rings. The van der Waals surface area contributed by atoms with Crippen molar-refractivity contribution in [1.29, 1.82) is 5.26 Å². The first-order chi connectivity index (χ1) is 14.9. The first-order valence-corrected chi connectivity index (χ1v) is 10.3. The predicted octanol–water partition coefficient (Wildman–Crippen LogP) is 5.53. The lowest BCUT2D eigenvalue weighted by atomic mass is 9.77. The molecule has 1 atom stereocenters. The second-order valence-corrected chi connectivity index (χ2v) is 8.05. The fourth-order valence-corrected chi connectivity index (χ4v) is 4.45. The number of benzene rings is 2. The van der Waals surface area contributed by atoms with Gasteiger partial charge in [0.1, 0.15) is 29.8 Å². The summed E-state index contributed by atoms with van der Waals surface area (Å²) in [6, 6.07) is 11.4. The van der Waals surface area contributed by atoms with Gasteiger partial charge in [0.2, 0.25) is 5.88 Å². The zero-order valence-corrected chi connectivity index (χ0v) is 17.8. The van der Waals surface area contributed by atoms with Gasteiger partial charge in [-0.25, -0.2) is 4.39 Å². The summed E-state index contributed by atoms with van der Waals surface area (Å²) >= 11 is 12.9. The third kappa shape index (κ3) is 3.99. The first-order valence-electron chi connectivity index (χ1n) is 9.59. The monoisotopic (exact) mass is 458 g/mol. The zero-order valence-electron chi connectivity index (χ0n) is 16.3. The molecule has 2 N–H and O–H groups in total. The van der Waals surface area contributed by atoms with E-state index in [1.54, 1.807) is 30.3 Å². The number of Topliss-reactive ketones (excluding diaryl/α,β-unsaturated/α-hetero) is 1. The normalized spacial score (nSPS) is 18.4. The molecule has 0 radical (unpaired) electrons. The third-order valence-electron chi connectivity index (χ3n) is 5.29. The van der Waals surface area contributed by atoms with Gasteiger partial charge in [-0.1, -0.05) is 41.4 Å². The maximum Gasteiger partial charge on any atom is 0.205 e. The molecule has 0 saturated heterocycles. The molecule has 0 unspecified atom stereocenters. The van der Waals surface area contributed by atoms with Crippen molar-refractivity contribution in [2.75, 3.05) is 0 Å². The number of ether oxygens (including phenoxy) is 2. The summed E-state index contributed by atoms with van der Waals surface area (Å²) < 4.78 is 25.1. The summed E-state index contributed by atoms with van der Waals surface area (Å²) in [5.74, 6) is -0.598. The quantitative estimate of drug-likeness (QED) is 0.650. The van der Waals surface area contributed by atoms with Crippen molar-refractivity contribution in [3.63, 3.8) is 0 Å². The summed E-state index contributed by atoms with van der Waals surface area (Å²) in [6.45, 7) is -0.0627. The van der Waals surface area contributed by atoms with Crippen LogP contribution in [0.25, 0.3) is 0 Å². The van der Waals surface area contributed by atoms with Crippen LogP contribution < -0.4 is 10.5 Å². The highest BCUT2D eigenvalue weighted by molar-refractivity contribution is 6.37. The minimum Gasteiger partial charge on any atom is -0.486 e. The van der Waals surface area contributed by atoms with E-state index in [1.165, 1.54) is 6.07 Å². The Labute approximate surface area is 188 Å². The van der Waals surface area contributed by atoms with E-state index in [9.17, 15) is 14.4 Å². The first kappa shape index (κ1) is 21.2. The SMILES string of the molecule is N#CC1=C(N)OC2=C(C(=O)CCC2)[C@@H]1c1cc(Cl)c(OCc2ccccc2F)c(Cl)c1. The Kier molecular flexibility index (Phi) is 5.90. The van der Waals surface area contributed by atoms with Gasteiger partial charge in [-0.05, 0) is 30.2 Å². The van der Waals surface area contributed by atoms with Crippen LogP contribution in [-0.4, -0.2) is 5.78 Å². The number of ketones is 1. The van der Waals surface area contributed by atoms with E-state index in [0.29, 0.717) is 41.7 Å². The lowest BCUT2D eigenvalue weighted by molar-refractivity contribution is -0.116. The fraction of sp³-hybridized carbons (Fsp3) is 0.217. The van der Waals surface area contributed by atoms with Gasteiger partial charge in [-0.15, -0.1) is 0 Å². The highest BCUT2D eigenvalue weighted by atomic mass is 35.5. The number of rotatable bonds is 4. The Morgan fingerprint density at radius 3 is 2.61 bits per heavy atom. The largest absolute Gasteiger partial charge is 0.486 e. The van der Waals surface area contributed by atoms with Crippen LogP contribution >= 0.6 is 23.2 Å². The minimum atomic E-state index is -0.725. The average Bonchev–Trinajstić information content (AvgIpc) is 2.73. The average molecular weight is 459 g/mol. The molecule has 4 rings (SSSR count). The molecule has 1 aliphatic heterocycles. The Balaban J connectivity index is 1.71. The summed E-state index contributed by atoms with van der Waals surface area (Å²) in [5, 5.41) is 10.0. The predicted molar refractivity (Wildman–Crippen MR) is 114 cm³/mol. The molecule has 0 aromatic heterocycles. The summed E-state index contributed by atoms with van der Waals surface area (Å²) in [7, 11) is 0. The van der Waals surface area contributed by atoms with Crippen molar-refractivity contribution < 1.29 is 18.7 Å². The maximum absolute atomic E-state index is 13.9. The van der Waals surface area contributed by atoms with Crippen LogP contribution in [-0.2, 0) is 16.1 Å². The van der Waals surface area contributed by atoms with Crippen LogP contribution in [0.4, 0.5) is 4.39 Å². The number of nitrogens with zero attached hydrogens (tertiary/aromatic N) is 1. The molecular formula is C23H17Cl2FN2O3. The van der Waals surface area contributed by atoms with Gasteiger partial charge in [-0.3, -0.25) is 4.79 Å². The van der Waals surface area contributed by atoms with Crippen molar-refractivity contribution in [1.82, 2.24) is 0 Å². The Hall–Kier alpha value is -3.01. The smallest absolute Gasteiger partial charge is 0.205 e. The molecule has 0 amide bonds. The van der Waals surface area contributed by atoms with Crippen LogP contribution in [0.2, 0.25) is 10.0 Å². The number of allylic oxidation sites excluding steroid dienone is 3. The van der Waals surface area contributed by atoms with Crippen LogP contribution in [0.15, 0.2) is 59.2 Å². The maximum atomic E-state index is 13.9. The van der Waals surface area contributed by atoms with Gasteiger partial charge in [0.15, 0.2) is 11.5 Å². The van der Waals surface area contributed by atoms with Crippen molar-refractivity contribution in [3.05, 3.63) is 86.2 Å². The van der Waals surface area contributed by atoms with Crippen LogP contribution in [0.1, 0.15) is 36.3 Å². The molecule has 31 heavy (non-hydrogen) atoms. The van der Waals surface area contributed by atoms with Gasteiger partial charge < -0.3 is 15.2 Å². The Morgan fingerprint density at radius 1 is 1.23 bits per heavy atom. The van der Waals surface area contributed by atoms with Crippen LogP contribution in [0.5, 0.6) is 5.75 Å². The number of hydrogen-bond acceptors (Lipinski definition) is 5. The number of carbonyl (C=O) groups is 1. The molecule has 1 heterocycles. The summed E-state index contributed by atoms with van der Waals surface area (Å²) in [5.41, 5.74) is 7.38. The molecule has 8 heteroatoms. The van der Waals surface area contributed by atoms with Crippen molar-refractivity contribution in [2.24, 2.45) is 5.73 Å². The van der Waals surface area contributed by atoms with Crippen molar-refractivity contribution in [3.8, 4) is 11.8 Å². The van der Waals surface area contributed by atoms with E-state index in [1.807, 2.05) is 6.07 Å². The molecular weight excluding hydrogens is 442 g/mol. The van der Waals surface area contributed by atoms with Crippen LogP contribution in [0.3, 0.4) is 0 Å². The molecule has 0 bridgehead atoms. The van der Waals surface area contributed by atoms with Crippen molar-refractivity contribution >= 4 is 29.0 Å². The minimum absolute atomic E-state index is 0.0342. The summed E-state index contributed by atoms with van der Waals surface area (Å²) in [6.07, 6.45) is 1.58. The number of nitriles is 1. The lowest BCUT2D eigenvalue weighted by Gasteiger charge is -2.31. The van der Waals surface area contributed by atoms with Crippen LogP contribution in [0, 0.1) is 17.1 Å².